The molecule has 2 N–H and O–H groups in total. The maximum absolute atomic E-state index is 11.6. The van der Waals surface area contributed by atoms with Gasteiger partial charge in [-0.15, -0.1) is 0 Å². The zero-order valence-corrected chi connectivity index (χ0v) is 11.6. The number of rotatable bonds is 5. The van der Waals surface area contributed by atoms with E-state index in [1.54, 1.807) is 0 Å². The first-order valence-corrected chi connectivity index (χ1v) is 6.18. The van der Waals surface area contributed by atoms with Gasteiger partial charge in [0.15, 0.2) is 0 Å². The molecule has 114 valence electrons. The molecule has 0 spiro atoms. The van der Waals surface area contributed by atoms with Crippen LogP contribution in [0.25, 0.3) is 0 Å². The van der Waals surface area contributed by atoms with Crippen LogP contribution in [0, 0.1) is 10.1 Å². The number of phenols is 1. The minimum atomic E-state index is -0.769. The van der Waals surface area contributed by atoms with Gasteiger partial charge in [0.2, 0.25) is 6.33 Å². The van der Waals surface area contributed by atoms with Gasteiger partial charge >= 0.3 is 5.95 Å². The average Bonchev–Trinajstić information content (AvgIpc) is 2.91. The Bertz CT molecular complexity index is 744. The summed E-state index contributed by atoms with van der Waals surface area (Å²) in [5.74, 6) is -1.22. The van der Waals surface area contributed by atoms with E-state index in [-0.39, 0.29) is 12.3 Å². The number of benzene rings is 1. The maximum atomic E-state index is 11.6. The van der Waals surface area contributed by atoms with Crippen molar-refractivity contribution in [2.75, 3.05) is 0 Å². The van der Waals surface area contributed by atoms with Crippen LogP contribution in [0.4, 0.5) is 5.95 Å². The second kappa shape index (κ2) is 6.63. The Balaban J connectivity index is 1.93. The van der Waals surface area contributed by atoms with Crippen molar-refractivity contribution in [2.45, 2.75) is 6.54 Å². The predicted molar refractivity (Wildman–Crippen MR) is 75.5 cm³/mol. The number of hydrogen-bond acceptors (Lipinski definition) is 7. The zero-order chi connectivity index (χ0) is 16.1. The minimum Gasteiger partial charge on any atom is -0.507 e. The lowest BCUT2D eigenvalue weighted by atomic mass is 10.2. The molecule has 11 heteroatoms. The molecule has 10 nitrogen and oxygen atoms in total. The van der Waals surface area contributed by atoms with E-state index in [1.165, 1.54) is 24.4 Å². The molecule has 0 radical (unpaired) electrons. The van der Waals surface area contributed by atoms with Crippen LogP contribution in [0.1, 0.15) is 5.56 Å². The molecular formula is C11H9ClN6O4. The summed E-state index contributed by atoms with van der Waals surface area (Å²) >= 11 is 5.76. The summed E-state index contributed by atoms with van der Waals surface area (Å²) in [5.41, 5.74) is 2.51. The van der Waals surface area contributed by atoms with E-state index >= 15 is 0 Å². The molecule has 1 aromatic carbocycles. The lowest BCUT2D eigenvalue weighted by molar-refractivity contribution is -0.394. The molecule has 1 amide bonds. The molecule has 0 fully saturated rings. The Morgan fingerprint density at radius 2 is 2.36 bits per heavy atom. The van der Waals surface area contributed by atoms with Crippen molar-refractivity contribution >= 4 is 29.7 Å². The standard InChI is InChI=1S/C11H9ClN6O4/c12-8-1-2-9(19)7(3-8)4-14-15-10(20)5-17-6-13-11(16-17)18(21)22/h1-4,6,19H,5H2,(H,15,20)/b14-4-. The van der Waals surface area contributed by atoms with Gasteiger partial charge in [-0.25, -0.2) is 5.43 Å². The summed E-state index contributed by atoms with van der Waals surface area (Å²) in [5, 5.41) is 27.5. The van der Waals surface area contributed by atoms with Gasteiger partial charge in [-0.05, 0) is 23.1 Å². The van der Waals surface area contributed by atoms with Crippen molar-refractivity contribution in [1.82, 2.24) is 20.2 Å². The van der Waals surface area contributed by atoms with E-state index in [4.69, 9.17) is 11.6 Å². The van der Waals surface area contributed by atoms with Crippen LogP contribution in [-0.2, 0) is 11.3 Å². The topological polar surface area (TPSA) is 136 Å². The molecule has 2 rings (SSSR count). The fourth-order valence-corrected chi connectivity index (χ4v) is 1.61. The lowest BCUT2D eigenvalue weighted by Gasteiger charge is -2.00. The van der Waals surface area contributed by atoms with Crippen molar-refractivity contribution in [3.8, 4) is 5.75 Å². The van der Waals surface area contributed by atoms with Gasteiger partial charge in [0, 0.05) is 15.7 Å². The minimum absolute atomic E-state index is 0.0469. The Labute approximate surface area is 128 Å². The van der Waals surface area contributed by atoms with Crippen LogP contribution in [-0.4, -0.2) is 36.9 Å². The summed E-state index contributed by atoms with van der Waals surface area (Å²) in [6.45, 7) is -0.292. The van der Waals surface area contributed by atoms with Gasteiger partial charge in [-0.1, -0.05) is 16.6 Å². The molecule has 2 aromatic rings. The highest BCUT2D eigenvalue weighted by Crippen LogP contribution is 2.19. The van der Waals surface area contributed by atoms with Crippen LogP contribution in [0.3, 0.4) is 0 Å². The van der Waals surface area contributed by atoms with E-state index < -0.39 is 16.8 Å². The number of amides is 1. The Kier molecular flexibility index (Phi) is 4.63. The van der Waals surface area contributed by atoms with Gasteiger partial charge < -0.3 is 15.2 Å². The van der Waals surface area contributed by atoms with Gasteiger partial charge in [0.1, 0.15) is 12.3 Å². The van der Waals surface area contributed by atoms with E-state index in [9.17, 15) is 20.0 Å². The fourth-order valence-electron chi connectivity index (χ4n) is 1.43. The van der Waals surface area contributed by atoms with E-state index in [1.807, 2.05) is 0 Å². The molecule has 0 aliphatic carbocycles. The third-order valence-corrected chi connectivity index (χ3v) is 2.61. The monoisotopic (exact) mass is 324 g/mol. The number of carbonyl (C=O) groups excluding carboxylic acids is 1. The molecule has 0 atom stereocenters. The smallest absolute Gasteiger partial charge is 0.490 e. The summed E-state index contributed by atoms with van der Waals surface area (Å²) in [6.07, 6.45) is 2.27. The third-order valence-electron chi connectivity index (χ3n) is 2.38. The highest BCUT2D eigenvalue weighted by atomic mass is 35.5. The fraction of sp³-hybridized carbons (Fsp3) is 0.0909. The first kappa shape index (κ1) is 15.4. The highest BCUT2D eigenvalue weighted by Gasteiger charge is 2.14. The number of nitrogens with one attached hydrogen (secondary N) is 1. The molecule has 0 aliphatic rings. The number of hydrazone groups is 1. The summed E-state index contributed by atoms with van der Waals surface area (Å²) in [6, 6.07) is 4.36. The van der Waals surface area contributed by atoms with Crippen LogP contribution in [0.5, 0.6) is 5.75 Å². The number of aromatic nitrogens is 3. The first-order chi connectivity index (χ1) is 10.5. The molecule has 0 saturated heterocycles. The number of halogens is 1. The van der Waals surface area contributed by atoms with Gasteiger partial charge in [-0.3, -0.25) is 4.79 Å². The number of nitro groups is 1. The molecule has 0 aliphatic heterocycles. The van der Waals surface area contributed by atoms with Gasteiger partial charge in [0.25, 0.3) is 5.91 Å². The molecule has 22 heavy (non-hydrogen) atoms. The molecule has 1 heterocycles. The predicted octanol–water partition coefficient (Wildman–Crippen LogP) is 0.696. The van der Waals surface area contributed by atoms with E-state index in [2.05, 4.69) is 20.6 Å². The highest BCUT2D eigenvalue weighted by molar-refractivity contribution is 6.30. The summed E-state index contributed by atoms with van der Waals surface area (Å²) in [7, 11) is 0. The number of hydrogen-bond donors (Lipinski definition) is 2. The third kappa shape index (κ3) is 3.99. The normalized spacial score (nSPS) is 10.8. The molecule has 0 bridgehead atoms. The van der Waals surface area contributed by atoms with Crippen molar-refractivity contribution in [3.05, 3.63) is 45.2 Å². The van der Waals surface area contributed by atoms with E-state index in [0.717, 1.165) is 11.0 Å². The van der Waals surface area contributed by atoms with Gasteiger partial charge in [0.05, 0.1) is 6.21 Å². The quantitative estimate of drug-likeness (QED) is 0.472. The number of aromatic hydroxyl groups is 1. The van der Waals surface area contributed by atoms with Crippen LogP contribution in [0.15, 0.2) is 29.6 Å². The van der Waals surface area contributed by atoms with Crippen molar-refractivity contribution in [1.29, 1.82) is 0 Å². The van der Waals surface area contributed by atoms with Crippen LogP contribution >= 0.6 is 11.6 Å². The van der Waals surface area contributed by atoms with Crippen molar-refractivity contribution < 1.29 is 14.8 Å². The van der Waals surface area contributed by atoms with Crippen LogP contribution < -0.4 is 5.43 Å². The Morgan fingerprint density at radius 1 is 1.59 bits per heavy atom. The number of nitrogens with zero attached hydrogens (tertiary/aromatic N) is 5. The largest absolute Gasteiger partial charge is 0.507 e. The zero-order valence-electron chi connectivity index (χ0n) is 10.9. The Morgan fingerprint density at radius 3 is 3.05 bits per heavy atom. The summed E-state index contributed by atoms with van der Waals surface area (Å²) in [4.78, 5) is 24.6. The molecule has 1 aromatic heterocycles. The average molecular weight is 325 g/mol. The number of phenolic OH excluding ortho intramolecular Hbond substituents is 1. The van der Waals surface area contributed by atoms with Crippen molar-refractivity contribution in [2.24, 2.45) is 5.10 Å². The molecule has 0 saturated carbocycles. The second-order valence-electron chi connectivity index (χ2n) is 4.00. The maximum Gasteiger partial charge on any atom is 0.490 e. The first-order valence-electron chi connectivity index (χ1n) is 5.80. The lowest BCUT2D eigenvalue weighted by Crippen LogP contribution is -2.23. The Hall–Kier alpha value is -3.01. The SMILES string of the molecule is O=C(Cn1cnc([N+](=O)[O-])n1)N/N=C\c1cc(Cl)ccc1O. The van der Waals surface area contributed by atoms with E-state index in [0.29, 0.717) is 10.6 Å². The van der Waals surface area contributed by atoms with Crippen LogP contribution in [0.2, 0.25) is 5.02 Å². The molecular weight excluding hydrogens is 316 g/mol. The van der Waals surface area contributed by atoms with Crippen molar-refractivity contribution in [3.63, 3.8) is 0 Å². The van der Waals surface area contributed by atoms with Gasteiger partial charge in [-0.2, -0.15) is 9.78 Å². The summed E-state index contributed by atoms with van der Waals surface area (Å²) < 4.78 is 1.000. The second-order valence-corrected chi connectivity index (χ2v) is 4.43. The molecule has 0 unspecified atom stereocenters. The number of carbonyl (C=O) groups is 1.